The first kappa shape index (κ1) is 11.6. The molecule has 4 atom stereocenters. The van der Waals surface area contributed by atoms with Crippen molar-refractivity contribution >= 4 is 0 Å². The summed E-state index contributed by atoms with van der Waals surface area (Å²) in [6.07, 6.45) is 0.0311. The summed E-state index contributed by atoms with van der Waals surface area (Å²) in [7, 11) is 0. The molecule has 2 aliphatic heterocycles. The van der Waals surface area contributed by atoms with E-state index < -0.39 is 11.2 Å². The Bertz CT molecular complexity index is 270. The van der Waals surface area contributed by atoms with Crippen LogP contribution < -0.4 is 0 Å². The first-order chi connectivity index (χ1) is 7.58. The fourth-order valence-electron chi connectivity index (χ4n) is 2.44. The van der Waals surface area contributed by atoms with Gasteiger partial charge in [0.25, 0.3) is 5.09 Å². The molecule has 0 aromatic rings. The predicted octanol–water partition coefficient (Wildman–Crippen LogP) is 0.981. The van der Waals surface area contributed by atoms with Crippen LogP contribution >= 0.6 is 0 Å². The molecule has 2 aliphatic rings. The van der Waals surface area contributed by atoms with Gasteiger partial charge in [0, 0.05) is 5.92 Å². The lowest BCUT2D eigenvalue weighted by molar-refractivity contribution is -0.769. The van der Waals surface area contributed by atoms with E-state index in [1.54, 1.807) is 0 Å². The van der Waals surface area contributed by atoms with Gasteiger partial charge < -0.3 is 14.3 Å². The van der Waals surface area contributed by atoms with E-state index in [-0.39, 0.29) is 18.8 Å². The highest BCUT2D eigenvalue weighted by molar-refractivity contribution is 4.97. The normalized spacial score (nSPS) is 37.7. The lowest BCUT2D eigenvalue weighted by Crippen LogP contribution is -2.33. The molecule has 0 saturated carbocycles. The number of hydrogen-bond donors (Lipinski definition) is 0. The average molecular weight is 230 g/mol. The zero-order valence-corrected chi connectivity index (χ0v) is 9.42. The summed E-state index contributed by atoms with van der Waals surface area (Å²) in [5.74, 6) is 1.62. The first-order valence-electron chi connectivity index (χ1n) is 5.41. The van der Waals surface area contributed by atoms with Gasteiger partial charge in [0.2, 0.25) is 0 Å². The second kappa shape index (κ2) is 4.55. The largest absolute Gasteiger partial charge is 0.373 e. The number of hydrogen-bond acceptors (Lipinski definition) is 5. The number of fused-ring (bicyclic) bond motifs is 1. The standard InChI is InChI=1S/C10H16NO5/c1-6(2)3-7-4-14-10-8(16-11(12)13)5-15-9(7)10/h7-10H,3-5H2,1-2H3/t7-,8+,9-,10+/m0/s1. The summed E-state index contributed by atoms with van der Waals surface area (Å²) in [5, 5.41) is 9.50. The molecule has 1 radical (unpaired) electrons. The summed E-state index contributed by atoms with van der Waals surface area (Å²) in [6, 6.07) is 0. The van der Waals surface area contributed by atoms with Crippen LogP contribution in [0.2, 0.25) is 0 Å². The number of nitrogens with zero attached hydrogens (tertiary/aromatic N) is 1. The predicted molar refractivity (Wildman–Crippen MR) is 54.0 cm³/mol. The molecule has 2 rings (SSSR count). The Morgan fingerprint density at radius 2 is 2.06 bits per heavy atom. The lowest BCUT2D eigenvalue weighted by Gasteiger charge is -2.17. The van der Waals surface area contributed by atoms with Crippen molar-refractivity contribution in [3.8, 4) is 0 Å². The molecule has 0 spiro atoms. The minimum Gasteiger partial charge on any atom is -0.373 e. The molecule has 0 aromatic heterocycles. The van der Waals surface area contributed by atoms with Gasteiger partial charge in [-0.25, -0.2) is 0 Å². The molecule has 6 nitrogen and oxygen atoms in total. The fourth-order valence-corrected chi connectivity index (χ4v) is 2.44. The van der Waals surface area contributed by atoms with Gasteiger partial charge in [-0.2, -0.15) is 0 Å². The van der Waals surface area contributed by atoms with Crippen molar-refractivity contribution in [3.05, 3.63) is 16.0 Å². The molecule has 2 fully saturated rings. The highest BCUT2D eigenvalue weighted by Gasteiger charge is 2.49. The molecule has 0 N–H and O–H groups in total. The molecular formula is C10H16NO5. The van der Waals surface area contributed by atoms with Crippen molar-refractivity contribution in [2.45, 2.75) is 38.6 Å². The van der Waals surface area contributed by atoms with Crippen LogP contribution in [0.5, 0.6) is 0 Å². The highest BCUT2D eigenvalue weighted by Crippen LogP contribution is 2.35. The minimum absolute atomic E-state index is 0.0557. The molecule has 91 valence electrons. The summed E-state index contributed by atoms with van der Waals surface area (Å²) in [5.41, 5.74) is 0. The molecule has 2 heterocycles. The summed E-state index contributed by atoms with van der Waals surface area (Å²) >= 11 is 0. The third kappa shape index (κ3) is 2.27. The summed E-state index contributed by atoms with van der Waals surface area (Å²) in [6.45, 7) is 4.97. The number of ether oxygens (including phenoxy) is 2. The SMILES string of the molecule is C[C](C)C[C@H]1CO[C@H]2[C@H]1OC[C@H]2O[N+](=O)[O-]. The van der Waals surface area contributed by atoms with Crippen molar-refractivity contribution in [3.63, 3.8) is 0 Å². The van der Waals surface area contributed by atoms with Gasteiger partial charge in [-0.15, -0.1) is 10.1 Å². The monoisotopic (exact) mass is 230 g/mol. The van der Waals surface area contributed by atoms with Crippen molar-refractivity contribution in [1.29, 1.82) is 0 Å². The van der Waals surface area contributed by atoms with E-state index in [4.69, 9.17) is 9.47 Å². The molecule has 0 amide bonds. The summed E-state index contributed by atoms with van der Waals surface area (Å²) < 4.78 is 11.1. The first-order valence-corrected chi connectivity index (χ1v) is 5.41. The van der Waals surface area contributed by atoms with Gasteiger partial charge in [0.15, 0.2) is 6.10 Å². The second-order valence-electron chi connectivity index (χ2n) is 4.63. The van der Waals surface area contributed by atoms with E-state index in [2.05, 4.69) is 18.7 Å². The molecule has 0 aromatic carbocycles. The van der Waals surface area contributed by atoms with Crippen molar-refractivity contribution in [1.82, 2.24) is 0 Å². The van der Waals surface area contributed by atoms with Crippen LogP contribution in [0.3, 0.4) is 0 Å². The molecule has 0 bridgehead atoms. The average Bonchev–Trinajstić information content (AvgIpc) is 2.70. The summed E-state index contributed by atoms with van der Waals surface area (Å²) in [4.78, 5) is 14.8. The third-order valence-electron chi connectivity index (χ3n) is 3.00. The smallest absolute Gasteiger partial charge is 0.294 e. The van der Waals surface area contributed by atoms with Crippen LogP contribution in [0.4, 0.5) is 0 Å². The van der Waals surface area contributed by atoms with E-state index in [0.29, 0.717) is 12.5 Å². The fraction of sp³-hybridized carbons (Fsp3) is 0.900. The zero-order valence-electron chi connectivity index (χ0n) is 9.42. The van der Waals surface area contributed by atoms with Gasteiger partial charge in [-0.1, -0.05) is 13.8 Å². The maximum atomic E-state index is 10.3. The topological polar surface area (TPSA) is 70.8 Å². The Morgan fingerprint density at radius 1 is 1.38 bits per heavy atom. The van der Waals surface area contributed by atoms with E-state index >= 15 is 0 Å². The Labute approximate surface area is 94.0 Å². The maximum absolute atomic E-state index is 10.3. The van der Waals surface area contributed by atoms with Crippen LogP contribution in [0.25, 0.3) is 0 Å². The van der Waals surface area contributed by atoms with E-state index in [9.17, 15) is 10.1 Å². The zero-order chi connectivity index (χ0) is 11.7. The van der Waals surface area contributed by atoms with Crippen LogP contribution in [-0.2, 0) is 14.3 Å². The molecule has 0 unspecified atom stereocenters. The van der Waals surface area contributed by atoms with E-state index in [1.807, 2.05) is 0 Å². The minimum atomic E-state index is -0.774. The highest BCUT2D eigenvalue weighted by atomic mass is 17.0. The van der Waals surface area contributed by atoms with Gasteiger partial charge in [0.1, 0.15) is 6.10 Å². The lowest BCUT2D eigenvalue weighted by atomic mass is 9.92. The van der Waals surface area contributed by atoms with Gasteiger partial charge in [0.05, 0.1) is 19.3 Å². The van der Waals surface area contributed by atoms with Crippen LogP contribution in [-0.4, -0.2) is 36.6 Å². The van der Waals surface area contributed by atoms with Gasteiger partial charge >= 0.3 is 0 Å². The van der Waals surface area contributed by atoms with Crippen molar-refractivity contribution in [2.75, 3.05) is 13.2 Å². The molecular weight excluding hydrogens is 214 g/mol. The van der Waals surface area contributed by atoms with Gasteiger partial charge in [-0.05, 0) is 12.3 Å². The Balaban J connectivity index is 1.92. The number of rotatable bonds is 4. The van der Waals surface area contributed by atoms with Gasteiger partial charge in [-0.3, -0.25) is 0 Å². The van der Waals surface area contributed by atoms with E-state index in [1.165, 1.54) is 5.92 Å². The van der Waals surface area contributed by atoms with Crippen molar-refractivity contribution < 1.29 is 19.4 Å². The van der Waals surface area contributed by atoms with Crippen LogP contribution in [0.1, 0.15) is 20.3 Å². The maximum Gasteiger partial charge on any atom is 0.294 e. The van der Waals surface area contributed by atoms with E-state index in [0.717, 1.165) is 6.42 Å². The third-order valence-corrected chi connectivity index (χ3v) is 3.00. The Hall–Kier alpha value is -0.880. The van der Waals surface area contributed by atoms with Crippen LogP contribution in [0.15, 0.2) is 0 Å². The quantitative estimate of drug-likeness (QED) is 0.532. The van der Waals surface area contributed by atoms with Crippen molar-refractivity contribution in [2.24, 2.45) is 5.92 Å². The molecule has 16 heavy (non-hydrogen) atoms. The Morgan fingerprint density at radius 3 is 2.69 bits per heavy atom. The second-order valence-corrected chi connectivity index (χ2v) is 4.63. The molecule has 2 saturated heterocycles. The molecule has 0 aliphatic carbocycles. The Kier molecular flexibility index (Phi) is 3.30. The van der Waals surface area contributed by atoms with Crippen LogP contribution in [0, 0.1) is 22.0 Å². The molecule has 6 heteroatoms.